The van der Waals surface area contributed by atoms with Gasteiger partial charge in [0.15, 0.2) is 0 Å². The number of rotatable bonds is 7. The van der Waals surface area contributed by atoms with E-state index >= 15 is 0 Å². The Balaban J connectivity index is 0.00000420. The van der Waals surface area contributed by atoms with Crippen LogP contribution in [-0.2, 0) is 5.54 Å². The number of hydrogen-bond donors (Lipinski definition) is 6. The van der Waals surface area contributed by atoms with Crippen LogP contribution in [0, 0.1) is 0 Å². The van der Waals surface area contributed by atoms with Crippen LogP contribution in [0.3, 0.4) is 0 Å². The third kappa shape index (κ3) is 3.29. The lowest BCUT2D eigenvalue weighted by Crippen LogP contribution is -2.47. The molecule has 0 aliphatic rings. The third-order valence-corrected chi connectivity index (χ3v) is 4.30. The van der Waals surface area contributed by atoms with Crippen LogP contribution in [0.1, 0.15) is 54.0 Å². The minimum Gasteiger partial charge on any atom is -0.478 e. The predicted octanol–water partition coefficient (Wildman–Crippen LogP) is 0.886. The van der Waals surface area contributed by atoms with Gasteiger partial charge in [0, 0.05) is 7.97 Å². The minimum atomic E-state index is -1.99. The number of carboxylic acid groups (broad SMARTS) is 4. The summed E-state index contributed by atoms with van der Waals surface area (Å²) in [4.78, 5) is 46.4. The average Bonchev–Trinajstić information content (AvgIpc) is 2.65. The fourth-order valence-electron chi connectivity index (χ4n) is 3.03. The van der Waals surface area contributed by atoms with Gasteiger partial charge in [-0.3, -0.25) is 0 Å². The van der Waals surface area contributed by atoms with Gasteiger partial charge in [0.1, 0.15) is 0 Å². The maximum Gasteiger partial charge on any atom is 0.336 e. The Hall–Kier alpha value is -3.76. The predicted molar refractivity (Wildman–Crippen MR) is 96.9 cm³/mol. The molecule has 0 aromatic heterocycles. The monoisotopic (exact) mass is 390 g/mol. The number of carbonyl (C=O) groups is 4. The van der Waals surface area contributed by atoms with Gasteiger partial charge < -0.3 is 31.9 Å². The first-order valence-electron chi connectivity index (χ1n) is 7.75. The zero-order valence-corrected chi connectivity index (χ0v) is 14.2. The van der Waals surface area contributed by atoms with Crippen molar-refractivity contribution in [2.45, 2.75) is 5.54 Å². The molecule has 10 heteroatoms. The van der Waals surface area contributed by atoms with Crippen molar-refractivity contribution < 1.29 is 41.0 Å². The van der Waals surface area contributed by atoms with Gasteiger partial charge >= 0.3 is 23.9 Å². The van der Waals surface area contributed by atoms with Crippen LogP contribution >= 0.6 is 0 Å². The van der Waals surface area contributed by atoms with E-state index in [0.29, 0.717) is 0 Å². The van der Waals surface area contributed by atoms with E-state index in [4.69, 9.17) is 11.5 Å². The highest BCUT2D eigenvalue weighted by Gasteiger charge is 2.38. The van der Waals surface area contributed by atoms with Gasteiger partial charge in [0.25, 0.3) is 0 Å². The highest BCUT2D eigenvalue weighted by Crippen LogP contribution is 2.34. The van der Waals surface area contributed by atoms with E-state index in [-0.39, 0.29) is 12.6 Å². The number of aromatic carboxylic acids is 4. The maximum atomic E-state index is 11.8. The van der Waals surface area contributed by atoms with Crippen molar-refractivity contribution in [3.05, 3.63) is 69.8 Å². The molecule has 0 fully saturated rings. The Labute approximate surface area is 159 Å². The Morgan fingerprint density at radius 1 is 0.750 bits per heavy atom. The molecule has 0 amide bonds. The highest BCUT2D eigenvalue weighted by molar-refractivity contribution is 6.05. The fourth-order valence-corrected chi connectivity index (χ4v) is 3.03. The Kier molecular flexibility index (Phi) is 5.48. The van der Waals surface area contributed by atoms with Gasteiger partial charge in [-0.2, -0.15) is 0 Å². The van der Waals surface area contributed by atoms with E-state index in [9.17, 15) is 39.6 Å². The molecule has 0 aliphatic heterocycles. The van der Waals surface area contributed by atoms with E-state index < -0.39 is 58.2 Å². The summed E-state index contributed by atoms with van der Waals surface area (Å²) in [6, 6.07) is 7.01. The van der Waals surface area contributed by atoms with Gasteiger partial charge in [-0.25, -0.2) is 19.2 Å². The van der Waals surface area contributed by atoms with Crippen LogP contribution in [0.15, 0.2) is 36.4 Å². The molecule has 8 N–H and O–H groups in total. The molecule has 10 nitrogen and oxygen atoms in total. The van der Waals surface area contributed by atoms with Crippen LogP contribution in [0.4, 0.5) is 0 Å². The Bertz CT molecular complexity index is 930. The van der Waals surface area contributed by atoms with Crippen molar-refractivity contribution in [2.24, 2.45) is 11.5 Å². The second kappa shape index (κ2) is 7.47. The lowest BCUT2D eigenvalue weighted by molar-refractivity contribution is 0.0647. The van der Waals surface area contributed by atoms with Gasteiger partial charge in [0.05, 0.1) is 27.8 Å². The smallest absolute Gasteiger partial charge is 0.336 e. The third-order valence-electron chi connectivity index (χ3n) is 4.30. The van der Waals surface area contributed by atoms with E-state index in [2.05, 4.69) is 0 Å². The van der Waals surface area contributed by atoms with E-state index in [1.807, 2.05) is 0 Å². The van der Waals surface area contributed by atoms with Gasteiger partial charge in [0.2, 0.25) is 0 Å². The van der Waals surface area contributed by atoms with E-state index in [1.54, 1.807) is 0 Å². The van der Waals surface area contributed by atoms with Crippen LogP contribution in [0.2, 0.25) is 0 Å². The molecule has 2 aromatic rings. The summed E-state index contributed by atoms with van der Waals surface area (Å²) in [5.74, 6) is -6.28. The van der Waals surface area contributed by atoms with Crippen molar-refractivity contribution >= 4 is 23.9 Å². The molecule has 0 saturated carbocycles. The fraction of sp³-hybridized carbons (Fsp3) is 0.111. The largest absolute Gasteiger partial charge is 0.478 e. The number of hydrogen-bond acceptors (Lipinski definition) is 6. The molecule has 0 bridgehead atoms. The molecule has 0 aliphatic carbocycles. The molecule has 0 heterocycles. The van der Waals surface area contributed by atoms with Crippen molar-refractivity contribution in [1.29, 1.82) is 0 Å². The molecule has 0 atom stereocenters. The first-order valence-corrected chi connectivity index (χ1v) is 7.75. The van der Waals surface area contributed by atoms with Gasteiger partial charge in [-0.05, 0) is 23.3 Å². The van der Waals surface area contributed by atoms with Crippen molar-refractivity contribution in [1.82, 2.24) is 0 Å². The lowest BCUT2D eigenvalue weighted by Gasteiger charge is -2.32. The van der Waals surface area contributed by atoms with Crippen molar-refractivity contribution in [2.75, 3.05) is 6.54 Å². The SMILES string of the molecule is NCC(N)(c1cccc(C(=O)O)c1C(=O)O)c1cccc(C(=O)O)c1C(=O)O.[HH]. The number of benzene rings is 2. The molecule has 2 rings (SSSR count). The summed E-state index contributed by atoms with van der Waals surface area (Å²) in [7, 11) is 0. The van der Waals surface area contributed by atoms with E-state index in [0.717, 1.165) is 12.1 Å². The molecular weight excluding hydrogens is 372 g/mol. The maximum absolute atomic E-state index is 11.8. The van der Waals surface area contributed by atoms with E-state index in [1.165, 1.54) is 24.3 Å². The second-order valence-electron chi connectivity index (χ2n) is 5.85. The standard InChI is InChI=1S/C18H16N2O8.H2/c19-7-18(20,10-5-1-3-8(14(21)22)12(10)16(25)26)11-6-2-4-9(15(23)24)13(11)17(27)28;/h1-6H,7,19-20H2,(H,21,22)(H,23,24)(H,25,26)(H,27,28);1H. The van der Waals surface area contributed by atoms with Gasteiger partial charge in [-0.1, -0.05) is 24.3 Å². The summed E-state index contributed by atoms with van der Waals surface area (Å²) in [5, 5.41) is 37.7. The quantitative estimate of drug-likeness (QED) is 0.394. The van der Waals surface area contributed by atoms with Crippen LogP contribution in [-0.4, -0.2) is 50.8 Å². The first-order chi connectivity index (χ1) is 13.1. The molecule has 28 heavy (non-hydrogen) atoms. The van der Waals surface area contributed by atoms with Crippen molar-refractivity contribution in [3.63, 3.8) is 0 Å². The average molecular weight is 390 g/mol. The molecule has 0 unspecified atom stereocenters. The molecule has 0 saturated heterocycles. The van der Waals surface area contributed by atoms with Crippen LogP contribution in [0.5, 0.6) is 0 Å². The molecule has 2 aromatic carbocycles. The first kappa shape index (κ1) is 20.6. The zero-order chi connectivity index (χ0) is 21.2. The number of nitrogens with two attached hydrogens (primary N) is 2. The summed E-state index contributed by atoms with van der Waals surface area (Å²) >= 11 is 0. The molecule has 148 valence electrons. The summed E-state index contributed by atoms with van der Waals surface area (Å²) < 4.78 is 0. The normalized spacial score (nSPS) is 11.1. The minimum absolute atomic E-state index is 0. The van der Waals surface area contributed by atoms with Crippen LogP contribution in [0.25, 0.3) is 0 Å². The number of carboxylic acids is 4. The zero-order valence-electron chi connectivity index (χ0n) is 14.2. The lowest BCUT2D eigenvalue weighted by atomic mass is 9.77. The summed E-state index contributed by atoms with van der Waals surface area (Å²) in [5.41, 5.74) is 7.10. The second-order valence-corrected chi connectivity index (χ2v) is 5.85. The summed E-state index contributed by atoms with van der Waals surface area (Å²) in [6.07, 6.45) is 0. The Morgan fingerprint density at radius 2 is 1.11 bits per heavy atom. The highest BCUT2D eigenvalue weighted by atomic mass is 16.4. The summed E-state index contributed by atoms with van der Waals surface area (Å²) in [6.45, 7) is -0.528. The van der Waals surface area contributed by atoms with Crippen LogP contribution < -0.4 is 11.5 Å². The van der Waals surface area contributed by atoms with Crippen molar-refractivity contribution in [3.8, 4) is 0 Å². The molecule has 0 radical (unpaired) electrons. The topological polar surface area (TPSA) is 201 Å². The molecule has 0 spiro atoms. The van der Waals surface area contributed by atoms with Gasteiger partial charge in [-0.15, -0.1) is 0 Å². The molecular formula is C18H18N2O8. The Morgan fingerprint density at radius 3 is 1.36 bits per heavy atom.